The number of halogens is 1. The zero-order valence-corrected chi connectivity index (χ0v) is 8.26. The molecule has 2 heteroatoms. The van der Waals surface area contributed by atoms with Crippen LogP contribution in [0.3, 0.4) is 0 Å². The molecule has 1 rings (SSSR count). The molecule has 13 heavy (non-hydrogen) atoms. The highest BCUT2D eigenvalue weighted by molar-refractivity contribution is 5.38. The number of hydrogen-bond acceptors (Lipinski definition) is 1. The van der Waals surface area contributed by atoms with E-state index in [2.05, 4.69) is 0 Å². The van der Waals surface area contributed by atoms with E-state index in [0.29, 0.717) is 5.56 Å². The third kappa shape index (κ3) is 2.07. The van der Waals surface area contributed by atoms with Crippen molar-refractivity contribution in [3.05, 3.63) is 34.4 Å². The SMILES string of the molecule is Cc1cc(C)c(C(F)CO)c(C)c1. The van der Waals surface area contributed by atoms with E-state index in [1.165, 1.54) is 0 Å². The van der Waals surface area contributed by atoms with Crippen LogP contribution in [0, 0.1) is 20.8 Å². The highest BCUT2D eigenvalue weighted by Gasteiger charge is 2.13. The van der Waals surface area contributed by atoms with Crippen molar-refractivity contribution < 1.29 is 9.50 Å². The highest BCUT2D eigenvalue weighted by atomic mass is 19.1. The summed E-state index contributed by atoms with van der Waals surface area (Å²) in [6, 6.07) is 3.87. The van der Waals surface area contributed by atoms with Gasteiger partial charge in [0.25, 0.3) is 0 Å². The Balaban J connectivity index is 3.20. The van der Waals surface area contributed by atoms with Crippen molar-refractivity contribution in [3.8, 4) is 0 Å². The van der Waals surface area contributed by atoms with Gasteiger partial charge in [0.15, 0.2) is 0 Å². The van der Waals surface area contributed by atoms with Crippen molar-refractivity contribution in [1.82, 2.24) is 0 Å². The number of benzene rings is 1. The summed E-state index contributed by atoms with van der Waals surface area (Å²) in [5.74, 6) is 0. The third-order valence-corrected chi connectivity index (χ3v) is 2.21. The summed E-state index contributed by atoms with van der Waals surface area (Å²) < 4.78 is 13.3. The number of alkyl halides is 1. The predicted molar refractivity (Wildman–Crippen MR) is 51.6 cm³/mol. The number of rotatable bonds is 2. The number of aliphatic hydroxyl groups is 1. The topological polar surface area (TPSA) is 20.2 Å². The Morgan fingerprint density at radius 3 is 2.08 bits per heavy atom. The van der Waals surface area contributed by atoms with Gasteiger partial charge in [-0.3, -0.25) is 0 Å². The van der Waals surface area contributed by atoms with E-state index in [9.17, 15) is 4.39 Å². The van der Waals surface area contributed by atoms with E-state index in [0.717, 1.165) is 16.7 Å². The summed E-state index contributed by atoms with van der Waals surface area (Å²) in [4.78, 5) is 0. The molecule has 1 atom stereocenters. The molecular formula is C11H15FO. The molecule has 0 saturated carbocycles. The first kappa shape index (κ1) is 10.2. The van der Waals surface area contributed by atoms with Gasteiger partial charge in [-0.15, -0.1) is 0 Å². The van der Waals surface area contributed by atoms with Gasteiger partial charge in [-0.05, 0) is 37.5 Å². The van der Waals surface area contributed by atoms with Gasteiger partial charge in [0.1, 0.15) is 6.17 Å². The quantitative estimate of drug-likeness (QED) is 0.745. The van der Waals surface area contributed by atoms with E-state index >= 15 is 0 Å². The first-order valence-electron chi connectivity index (χ1n) is 4.39. The van der Waals surface area contributed by atoms with Crippen molar-refractivity contribution in [3.63, 3.8) is 0 Å². The lowest BCUT2D eigenvalue weighted by atomic mass is 9.97. The van der Waals surface area contributed by atoms with Crippen LogP contribution in [-0.4, -0.2) is 11.7 Å². The molecule has 0 heterocycles. The van der Waals surface area contributed by atoms with Gasteiger partial charge in [0, 0.05) is 0 Å². The molecule has 1 unspecified atom stereocenters. The number of hydrogen-bond donors (Lipinski definition) is 1. The molecule has 0 spiro atoms. The van der Waals surface area contributed by atoms with Crippen molar-refractivity contribution in [2.24, 2.45) is 0 Å². The minimum atomic E-state index is -1.25. The van der Waals surface area contributed by atoms with Crippen LogP contribution in [0.15, 0.2) is 12.1 Å². The Labute approximate surface area is 78.2 Å². The Morgan fingerprint density at radius 1 is 1.23 bits per heavy atom. The fraction of sp³-hybridized carbons (Fsp3) is 0.455. The van der Waals surface area contributed by atoms with Crippen LogP contribution < -0.4 is 0 Å². The maximum Gasteiger partial charge on any atom is 0.149 e. The molecule has 0 fully saturated rings. The monoisotopic (exact) mass is 182 g/mol. The zero-order valence-electron chi connectivity index (χ0n) is 8.26. The predicted octanol–water partition coefficient (Wildman–Crippen LogP) is 2.61. The van der Waals surface area contributed by atoms with Crippen LogP contribution >= 0.6 is 0 Å². The van der Waals surface area contributed by atoms with Crippen molar-refractivity contribution in [1.29, 1.82) is 0 Å². The standard InChI is InChI=1S/C11H15FO/c1-7-4-8(2)11(9(3)5-7)10(12)6-13/h4-5,10,13H,6H2,1-3H3. The average molecular weight is 182 g/mol. The lowest BCUT2D eigenvalue weighted by Crippen LogP contribution is -2.03. The molecule has 0 aromatic heterocycles. The second-order valence-corrected chi connectivity index (χ2v) is 3.46. The molecule has 0 aliphatic heterocycles. The van der Waals surface area contributed by atoms with Gasteiger partial charge in [-0.25, -0.2) is 4.39 Å². The summed E-state index contributed by atoms with van der Waals surface area (Å²) in [7, 11) is 0. The fourth-order valence-electron chi connectivity index (χ4n) is 1.78. The highest BCUT2D eigenvalue weighted by Crippen LogP contribution is 2.25. The minimum absolute atomic E-state index is 0.440. The minimum Gasteiger partial charge on any atom is -0.393 e. The Morgan fingerprint density at radius 2 is 1.69 bits per heavy atom. The number of aryl methyl sites for hydroxylation is 3. The smallest absolute Gasteiger partial charge is 0.149 e. The van der Waals surface area contributed by atoms with Crippen LogP contribution in [0.5, 0.6) is 0 Å². The van der Waals surface area contributed by atoms with Crippen molar-refractivity contribution >= 4 is 0 Å². The van der Waals surface area contributed by atoms with Crippen LogP contribution in [0.4, 0.5) is 4.39 Å². The molecule has 1 nitrogen and oxygen atoms in total. The van der Waals surface area contributed by atoms with Crippen molar-refractivity contribution in [2.45, 2.75) is 26.9 Å². The summed E-state index contributed by atoms with van der Waals surface area (Å²) in [5, 5.41) is 8.73. The summed E-state index contributed by atoms with van der Waals surface area (Å²) in [5.41, 5.74) is 3.59. The van der Waals surface area contributed by atoms with E-state index in [-0.39, 0.29) is 0 Å². The average Bonchev–Trinajstić information content (AvgIpc) is 2.02. The third-order valence-electron chi connectivity index (χ3n) is 2.21. The molecule has 0 saturated heterocycles. The molecule has 0 bridgehead atoms. The van der Waals surface area contributed by atoms with Gasteiger partial charge in [0.2, 0.25) is 0 Å². The molecule has 0 aliphatic carbocycles. The first-order chi connectivity index (χ1) is 6.06. The first-order valence-corrected chi connectivity index (χ1v) is 4.39. The largest absolute Gasteiger partial charge is 0.393 e. The second kappa shape index (κ2) is 3.88. The van der Waals surface area contributed by atoms with Gasteiger partial charge < -0.3 is 5.11 Å². The molecule has 0 aliphatic rings. The fourth-order valence-corrected chi connectivity index (χ4v) is 1.78. The lowest BCUT2D eigenvalue weighted by Gasteiger charge is -2.13. The Bertz CT molecular complexity index is 284. The van der Waals surface area contributed by atoms with E-state index < -0.39 is 12.8 Å². The normalized spacial score (nSPS) is 13.0. The van der Waals surface area contributed by atoms with Crippen molar-refractivity contribution in [2.75, 3.05) is 6.61 Å². The van der Waals surface area contributed by atoms with Crippen LogP contribution in [-0.2, 0) is 0 Å². The van der Waals surface area contributed by atoms with Gasteiger partial charge >= 0.3 is 0 Å². The molecule has 1 N–H and O–H groups in total. The Hall–Kier alpha value is -0.890. The van der Waals surface area contributed by atoms with Crippen LogP contribution in [0.2, 0.25) is 0 Å². The lowest BCUT2D eigenvalue weighted by molar-refractivity contribution is 0.179. The van der Waals surface area contributed by atoms with E-state index in [1.54, 1.807) is 0 Å². The molecule has 0 radical (unpaired) electrons. The maximum atomic E-state index is 13.3. The zero-order chi connectivity index (χ0) is 10.0. The maximum absolute atomic E-state index is 13.3. The second-order valence-electron chi connectivity index (χ2n) is 3.46. The Kier molecular flexibility index (Phi) is 3.04. The van der Waals surface area contributed by atoms with Gasteiger partial charge in [-0.1, -0.05) is 17.7 Å². The summed E-state index contributed by atoms with van der Waals surface area (Å²) in [6.07, 6.45) is -1.25. The summed E-state index contributed by atoms with van der Waals surface area (Å²) in [6.45, 7) is 5.29. The van der Waals surface area contributed by atoms with Gasteiger partial charge in [-0.2, -0.15) is 0 Å². The molecule has 72 valence electrons. The molecule has 1 aromatic carbocycles. The van der Waals surface area contributed by atoms with Gasteiger partial charge in [0.05, 0.1) is 6.61 Å². The van der Waals surface area contributed by atoms with Crippen LogP contribution in [0.25, 0.3) is 0 Å². The van der Waals surface area contributed by atoms with Crippen LogP contribution in [0.1, 0.15) is 28.4 Å². The van der Waals surface area contributed by atoms with E-state index in [1.807, 2.05) is 32.9 Å². The van der Waals surface area contributed by atoms with E-state index in [4.69, 9.17) is 5.11 Å². The molecular weight excluding hydrogens is 167 g/mol. The molecule has 0 amide bonds. The summed E-state index contributed by atoms with van der Waals surface area (Å²) >= 11 is 0. The molecule has 1 aromatic rings. The number of aliphatic hydroxyl groups excluding tert-OH is 1.